The summed E-state index contributed by atoms with van der Waals surface area (Å²) in [5.41, 5.74) is 2.10. The molecule has 1 heterocycles. The van der Waals surface area contributed by atoms with Crippen LogP contribution in [-0.2, 0) is 10.0 Å². The molecular formula is C18H21NO3S. The number of benzene rings is 2. The van der Waals surface area contributed by atoms with E-state index in [9.17, 15) is 13.5 Å². The summed E-state index contributed by atoms with van der Waals surface area (Å²) in [4.78, 5) is 0.287. The number of aliphatic hydroxyl groups is 1. The summed E-state index contributed by atoms with van der Waals surface area (Å²) in [6, 6.07) is 16.3. The lowest BCUT2D eigenvalue weighted by molar-refractivity contribution is 0.203. The summed E-state index contributed by atoms with van der Waals surface area (Å²) in [6.07, 6.45) is 0.723. The van der Waals surface area contributed by atoms with Gasteiger partial charge in [-0.1, -0.05) is 48.0 Å². The topological polar surface area (TPSA) is 57.6 Å². The molecule has 0 amide bonds. The van der Waals surface area contributed by atoms with Crippen LogP contribution < -0.4 is 0 Å². The van der Waals surface area contributed by atoms with Crippen LogP contribution in [0.1, 0.15) is 23.5 Å². The molecule has 0 spiro atoms. The van der Waals surface area contributed by atoms with Crippen LogP contribution in [-0.4, -0.2) is 37.0 Å². The minimum Gasteiger partial charge on any atom is -0.395 e. The Hall–Kier alpha value is -1.69. The van der Waals surface area contributed by atoms with Crippen molar-refractivity contribution in [3.05, 3.63) is 65.7 Å². The molecule has 1 aliphatic heterocycles. The molecule has 0 saturated carbocycles. The number of aliphatic hydroxyl groups excluding tert-OH is 1. The molecule has 2 atom stereocenters. The molecule has 5 heteroatoms. The summed E-state index contributed by atoms with van der Waals surface area (Å²) in [5, 5.41) is 9.82. The van der Waals surface area contributed by atoms with Gasteiger partial charge in [-0.15, -0.1) is 0 Å². The minimum absolute atomic E-state index is 0.0291. The van der Waals surface area contributed by atoms with Crippen molar-refractivity contribution in [2.45, 2.75) is 30.2 Å². The Bertz CT molecular complexity index is 757. The van der Waals surface area contributed by atoms with Gasteiger partial charge in [-0.05, 0) is 31.0 Å². The highest BCUT2D eigenvalue weighted by atomic mass is 32.2. The van der Waals surface area contributed by atoms with E-state index in [2.05, 4.69) is 0 Å². The second kappa shape index (κ2) is 6.43. The number of aryl methyl sites for hydroxylation is 1. The first-order valence-electron chi connectivity index (χ1n) is 7.78. The number of rotatable bonds is 4. The molecule has 1 saturated heterocycles. The molecular weight excluding hydrogens is 310 g/mol. The zero-order chi connectivity index (χ0) is 16.4. The van der Waals surface area contributed by atoms with Gasteiger partial charge in [-0.25, -0.2) is 8.42 Å². The smallest absolute Gasteiger partial charge is 0.243 e. The summed E-state index contributed by atoms with van der Waals surface area (Å²) in [5.74, 6) is 0.0291. The molecule has 0 aromatic heterocycles. The fourth-order valence-electron chi connectivity index (χ4n) is 3.28. The van der Waals surface area contributed by atoms with Crippen LogP contribution in [0.15, 0.2) is 59.5 Å². The van der Waals surface area contributed by atoms with E-state index in [1.165, 1.54) is 4.31 Å². The van der Waals surface area contributed by atoms with E-state index in [4.69, 9.17) is 0 Å². The molecule has 122 valence electrons. The maximum absolute atomic E-state index is 12.9. The zero-order valence-corrected chi connectivity index (χ0v) is 13.9. The van der Waals surface area contributed by atoms with Gasteiger partial charge in [0.1, 0.15) is 0 Å². The highest BCUT2D eigenvalue weighted by Gasteiger charge is 2.41. The van der Waals surface area contributed by atoms with E-state index in [1.807, 2.05) is 37.3 Å². The van der Waals surface area contributed by atoms with Gasteiger partial charge in [0.15, 0.2) is 0 Å². The zero-order valence-electron chi connectivity index (χ0n) is 13.1. The Morgan fingerprint density at radius 3 is 2.35 bits per heavy atom. The predicted molar refractivity (Wildman–Crippen MR) is 89.7 cm³/mol. The predicted octanol–water partition coefficient (Wildman–Crippen LogP) is 2.53. The SMILES string of the molecule is Cc1ccc(S(=O)(=O)N2CC[C@H](c3ccccc3)[C@H]2CO)cc1. The van der Waals surface area contributed by atoms with Crippen molar-refractivity contribution >= 4 is 10.0 Å². The molecule has 1 fully saturated rings. The third kappa shape index (κ3) is 3.04. The molecule has 1 aliphatic rings. The third-order valence-electron chi connectivity index (χ3n) is 4.54. The lowest BCUT2D eigenvalue weighted by atomic mass is 9.92. The van der Waals surface area contributed by atoms with Crippen molar-refractivity contribution in [2.24, 2.45) is 0 Å². The molecule has 2 aromatic carbocycles. The van der Waals surface area contributed by atoms with E-state index in [0.717, 1.165) is 17.5 Å². The third-order valence-corrected chi connectivity index (χ3v) is 6.48. The summed E-state index contributed by atoms with van der Waals surface area (Å²) >= 11 is 0. The number of nitrogens with zero attached hydrogens (tertiary/aromatic N) is 1. The lowest BCUT2D eigenvalue weighted by Gasteiger charge is -2.26. The molecule has 0 radical (unpaired) electrons. The first kappa shape index (κ1) is 16.2. The van der Waals surface area contributed by atoms with Crippen LogP contribution in [0.25, 0.3) is 0 Å². The molecule has 3 rings (SSSR count). The lowest BCUT2D eigenvalue weighted by Crippen LogP contribution is -2.39. The Morgan fingerprint density at radius 1 is 1.09 bits per heavy atom. The van der Waals surface area contributed by atoms with Gasteiger partial charge in [0.05, 0.1) is 17.5 Å². The van der Waals surface area contributed by atoms with Gasteiger partial charge in [-0.2, -0.15) is 4.31 Å². The largest absolute Gasteiger partial charge is 0.395 e. The Balaban J connectivity index is 1.92. The fraction of sp³-hybridized carbons (Fsp3) is 0.333. The molecule has 0 bridgehead atoms. The van der Waals surface area contributed by atoms with Crippen molar-refractivity contribution in [3.8, 4) is 0 Å². The molecule has 0 unspecified atom stereocenters. The van der Waals surface area contributed by atoms with Crippen LogP contribution in [0, 0.1) is 6.92 Å². The Morgan fingerprint density at radius 2 is 1.74 bits per heavy atom. The monoisotopic (exact) mass is 331 g/mol. The van der Waals surface area contributed by atoms with Crippen molar-refractivity contribution in [1.82, 2.24) is 4.31 Å². The standard InChI is InChI=1S/C18H21NO3S/c1-14-7-9-16(10-8-14)23(21,22)19-12-11-17(18(19)13-20)15-5-3-2-4-6-15/h2-10,17-18,20H,11-13H2,1H3/t17-,18-/m1/s1. The van der Waals surface area contributed by atoms with Crippen molar-refractivity contribution in [3.63, 3.8) is 0 Å². The fourth-order valence-corrected chi connectivity index (χ4v) is 4.94. The second-order valence-corrected chi connectivity index (χ2v) is 7.88. The molecule has 1 N–H and O–H groups in total. The normalized spacial score (nSPS) is 22.3. The molecule has 2 aromatic rings. The maximum atomic E-state index is 12.9. The van der Waals surface area contributed by atoms with Gasteiger partial charge in [0, 0.05) is 12.5 Å². The second-order valence-electron chi connectivity index (χ2n) is 5.98. The van der Waals surface area contributed by atoms with E-state index in [1.54, 1.807) is 24.3 Å². The van der Waals surface area contributed by atoms with Gasteiger partial charge >= 0.3 is 0 Å². The van der Waals surface area contributed by atoms with E-state index in [0.29, 0.717) is 6.54 Å². The first-order chi connectivity index (χ1) is 11.0. The van der Waals surface area contributed by atoms with Crippen LogP contribution in [0.4, 0.5) is 0 Å². The van der Waals surface area contributed by atoms with E-state index in [-0.39, 0.29) is 17.4 Å². The van der Waals surface area contributed by atoms with Crippen molar-refractivity contribution in [1.29, 1.82) is 0 Å². The summed E-state index contributed by atoms with van der Waals surface area (Å²) in [7, 11) is -3.58. The van der Waals surface area contributed by atoms with Gasteiger partial charge in [-0.3, -0.25) is 0 Å². The number of sulfonamides is 1. The number of hydrogen-bond donors (Lipinski definition) is 1. The first-order valence-corrected chi connectivity index (χ1v) is 9.22. The van der Waals surface area contributed by atoms with Crippen LogP contribution in [0.3, 0.4) is 0 Å². The average molecular weight is 331 g/mol. The number of hydrogen-bond acceptors (Lipinski definition) is 3. The highest BCUT2D eigenvalue weighted by Crippen LogP contribution is 2.36. The minimum atomic E-state index is -3.58. The van der Waals surface area contributed by atoms with Crippen molar-refractivity contribution in [2.75, 3.05) is 13.2 Å². The summed E-state index contributed by atoms with van der Waals surface area (Å²) in [6.45, 7) is 2.18. The van der Waals surface area contributed by atoms with E-state index < -0.39 is 16.1 Å². The quantitative estimate of drug-likeness (QED) is 0.937. The van der Waals surface area contributed by atoms with E-state index >= 15 is 0 Å². The maximum Gasteiger partial charge on any atom is 0.243 e. The van der Waals surface area contributed by atoms with Crippen LogP contribution in [0.5, 0.6) is 0 Å². The van der Waals surface area contributed by atoms with Crippen LogP contribution >= 0.6 is 0 Å². The van der Waals surface area contributed by atoms with Crippen molar-refractivity contribution < 1.29 is 13.5 Å². The van der Waals surface area contributed by atoms with Gasteiger partial charge in [0.25, 0.3) is 0 Å². The summed E-state index contributed by atoms with van der Waals surface area (Å²) < 4.78 is 27.3. The Labute approximate surface area is 137 Å². The molecule has 23 heavy (non-hydrogen) atoms. The molecule has 0 aliphatic carbocycles. The van der Waals surface area contributed by atoms with Gasteiger partial charge in [0.2, 0.25) is 10.0 Å². The average Bonchev–Trinajstić information content (AvgIpc) is 3.01. The van der Waals surface area contributed by atoms with Gasteiger partial charge < -0.3 is 5.11 Å². The highest BCUT2D eigenvalue weighted by molar-refractivity contribution is 7.89. The molecule has 4 nitrogen and oxygen atoms in total. The van der Waals surface area contributed by atoms with Crippen LogP contribution in [0.2, 0.25) is 0 Å². The Kier molecular flexibility index (Phi) is 4.53.